The highest BCUT2D eigenvalue weighted by atomic mass is 19.1. The van der Waals surface area contributed by atoms with Crippen LogP contribution in [0.3, 0.4) is 0 Å². The molecule has 0 aliphatic carbocycles. The zero-order valence-corrected chi connectivity index (χ0v) is 13.9. The minimum atomic E-state index is -0.413. The zero-order valence-electron chi connectivity index (χ0n) is 13.9. The van der Waals surface area contributed by atoms with Crippen molar-refractivity contribution < 1.29 is 23.4 Å². The van der Waals surface area contributed by atoms with E-state index in [2.05, 4.69) is 5.32 Å². The van der Waals surface area contributed by atoms with Gasteiger partial charge < -0.3 is 19.5 Å². The van der Waals surface area contributed by atoms with Gasteiger partial charge in [-0.1, -0.05) is 6.07 Å². The van der Waals surface area contributed by atoms with Crippen molar-refractivity contribution in [1.82, 2.24) is 5.32 Å². The molecule has 0 bridgehead atoms. The lowest BCUT2D eigenvalue weighted by atomic mass is 10.1. The Bertz CT molecular complexity index is 718. The summed E-state index contributed by atoms with van der Waals surface area (Å²) in [5.41, 5.74) is 1.73. The molecule has 0 radical (unpaired) electrons. The van der Waals surface area contributed by atoms with Gasteiger partial charge in [0.2, 0.25) is 0 Å². The maximum absolute atomic E-state index is 13.0. The lowest BCUT2D eigenvalue weighted by molar-refractivity contribution is -0.123. The van der Waals surface area contributed by atoms with Gasteiger partial charge in [-0.15, -0.1) is 0 Å². The molecule has 0 saturated heterocycles. The first-order chi connectivity index (χ1) is 11.5. The van der Waals surface area contributed by atoms with Gasteiger partial charge in [-0.2, -0.15) is 0 Å². The third kappa shape index (κ3) is 4.62. The molecule has 2 rings (SSSR count). The third-order valence-electron chi connectivity index (χ3n) is 3.44. The number of hydrogen-bond donors (Lipinski definition) is 1. The second-order valence-corrected chi connectivity index (χ2v) is 5.16. The van der Waals surface area contributed by atoms with Crippen LogP contribution in [0.1, 0.15) is 11.1 Å². The highest BCUT2D eigenvalue weighted by Crippen LogP contribution is 2.28. The number of hydrogen-bond acceptors (Lipinski definition) is 4. The average molecular weight is 333 g/mol. The van der Waals surface area contributed by atoms with E-state index in [0.29, 0.717) is 11.5 Å². The van der Waals surface area contributed by atoms with Gasteiger partial charge >= 0.3 is 0 Å². The summed E-state index contributed by atoms with van der Waals surface area (Å²) in [6, 6.07) is 9.31. The third-order valence-corrected chi connectivity index (χ3v) is 3.44. The van der Waals surface area contributed by atoms with Crippen molar-refractivity contribution in [3.05, 3.63) is 53.3 Å². The van der Waals surface area contributed by atoms with Gasteiger partial charge in [-0.25, -0.2) is 4.39 Å². The molecule has 0 saturated carbocycles. The number of nitrogens with one attached hydrogen (secondary N) is 1. The first kappa shape index (κ1) is 17.6. The van der Waals surface area contributed by atoms with Crippen molar-refractivity contribution in [3.8, 4) is 17.2 Å². The monoisotopic (exact) mass is 333 g/mol. The summed E-state index contributed by atoms with van der Waals surface area (Å²) in [4.78, 5) is 11.9. The predicted octanol–water partition coefficient (Wildman–Crippen LogP) is 2.85. The topological polar surface area (TPSA) is 56.8 Å². The first-order valence-electron chi connectivity index (χ1n) is 7.40. The minimum Gasteiger partial charge on any atom is -0.496 e. The maximum atomic E-state index is 13.0. The summed E-state index contributed by atoms with van der Waals surface area (Å²) in [5, 5.41) is 2.74. The Balaban J connectivity index is 1.94. The van der Waals surface area contributed by atoms with Crippen LogP contribution >= 0.6 is 0 Å². The largest absolute Gasteiger partial charge is 0.496 e. The second-order valence-electron chi connectivity index (χ2n) is 5.16. The van der Waals surface area contributed by atoms with Crippen molar-refractivity contribution in [3.63, 3.8) is 0 Å². The van der Waals surface area contributed by atoms with Crippen molar-refractivity contribution >= 4 is 5.91 Å². The normalized spacial score (nSPS) is 10.2. The van der Waals surface area contributed by atoms with E-state index in [9.17, 15) is 9.18 Å². The average Bonchev–Trinajstić information content (AvgIpc) is 2.58. The smallest absolute Gasteiger partial charge is 0.258 e. The molecule has 5 nitrogen and oxygen atoms in total. The number of amides is 1. The number of ether oxygens (including phenoxy) is 3. The fraction of sp³-hybridized carbons (Fsp3) is 0.278. The molecule has 0 heterocycles. The zero-order chi connectivity index (χ0) is 17.5. The van der Waals surface area contributed by atoms with Gasteiger partial charge in [-0.05, 0) is 36.8 Å². The molecule has 2 aromatic carbocycles. The lowest BCUT2D eigenvalue weighted by Gasteiger charge is -2.14. The van der Waals surface area contributed by atoms with Crippen LogP contribution in [0.5, 0.6) is 17.2 Å². The predicted molar refractivity (Wildman–Crippen MR) is 88.0 cm³/mol. The minimum absolute atomic E-state index is 0.200. The van der Waals surface area contributed by atoms with Gasteiger partial charge in [0.1, 0.15) is 23.1 Å². The molecule has 0 aliphatic heterocycles. The molecule has 0 atom stereocenters. The Hall–Kier alpha value is -2.76. The molecule has 1 N–H and O–H groups in total. The molecule has 0 aliphatic rings. The Labute approximate surface area is 140 Å². The number of rotatable bonds is 7. The van der Waals surface area contributed by atoms with Crippen molar-refractivity contribution in [2.75, 3.05) is 20.8 Å². The van der Waals surface area contributed by atoms with Crippen LogP contribution in [0, 0.1) is 12.7 Å². The highest BCUT2D eigenvalue weighted by molar-refractivity contribution is 5.77. The van der Waals surface area contributed by atoms with Crippen LogP contribution in [0.25, 0.3) is 0 Å². The molecule has 24 heavy (non-hydrogen) atoms. The molecule has 1 amide bonds. The second kappa shape index (κ2) is 8.19. The van der Waals surface area contributed by atoms with Gasteiger partial charge in [0.15, 0.2) is 6.61 Å². The Morgan fingerprint density at radius 1 is 1.12 bits per heavy atom. The van der Waals surface area contributed by atoms with Crippen molar-refractivity contribution in [1.29, 1.82) is 0 Å². The molecule has 2 aromatic rings. The number of carbonyl (C=O) groups excluding carboxylic acids is 1. The molecule has 0 spiro atoms. The molecule has 128 valence electrons. The summed E-state index contributed by atoms with van der Waals surface area (Å²) in [6.07, 6.45) is 0. The first-order valence-corrected chi connectivity index (χ1v) is 7.40. The van der Waals surface area contributed by atoms with E-state index < -0.39 is 5.82 Å². The van der Waals surface area contributed by atoms with E-state index in [1.807, 2.05) is 19.1 Å². The van der Waals surface area contributed by atoms with E-state index in [-0.39, 0.29) is 19.1 Å². The number of aryl methyl sites for hydroxylation is 1. The molecular weight excluding hydrogens is 313 g/mol. The molecule has 0 aromatic heterocycles. The van der Waals surface area contributed by atoms with Gasteiger partial charge in [0, 0.05) is 18.2 Å². The molecule has 0 fully saturated rings. The summed E-state index contributed by atoms with van der Waals surface area (Å²) in [7, 11) is 3.16. The number of carbonyl (C=O) groups is 1. The molecule has 6 heteroatoms. The Morgan fingerprint density at radius 2 is 1.88 bits per heavy atom. The van der Waals surface area contributed by atoms with E-state index in [4.69, 9.17) is 14.2 Å². The van der Waals surface area contributed by atoms with Gasteiger partial charge in [0.25, 0.3) is 5.91 Å². The van der Waals surface area contributed by atoms with Crippen LogP contribution in [0.15, 0.2) is 36.4 Å². The van der Waals surface area contributed by atoms with E-state index in [0.717, 1.165) is 16.9 Å². The van der Waals surface area contributed by atoms with Gasteiger partial charge in [-0.3, -0.25) is 4.79 Å². The van der Waals surface area contributed by atoms with E-state index in [1.54, 1.807) is 20.3 Å². The van der Waals surface area contributed by atoms with Gasteiger partial charge in [0.05, 0.1) is 14.2 Å². The van der Waals surface area contributed by atoms with Crippen LogP contribution < -0.4 is 19.5 Å². The van der Waals surface area contributed by atoms with Crippen molar-refractivity contribution in [2.24, 2.45) is 0 Å². The fourth-order valence-corrected chi connectivity index (χ4v) is 2.20. The summed E-state index contributed by atoms with van der Waals surface area (Å²) in [5.74, 6) is 0.959. The summed E-state index contributed by atoms with van der Waals surface area (Å²) < 4.78 is 28.9. The summed E-state index contributed by atoms with van der Waals surface area (Å²) >= 11 is 0. The maximum Gasteiger partial charge on any atom is 0.258 e. The highest BCUT2D eigenvalue weighted by Gasteiger charge is 2.10. The summed E-state index contributed by atoms with van der Waals surface area (Å²) in [6.45, 7) is 1.98. The van der Waals surface area contributed by atoms with E-state index in [1.165, 1.54) is 18.2 Å². The van der Waals surface area contributed by atoms with E-state index >= 15 is 0 Å². The molecular formula is C18H20FNO4. The van der Waals surface area contributed by atoms with Crippen molar-refractivity contribution in [2.45, 2.75) is 13.5 Å². The number of benzene rings is 2. The fourth-order valence-electron chi connectivity index (χ4n) is 2.20. The van der Waals surface area contributed by atoms with Crippen LogP contribution in [0.2, 0.25) is 0 Å². The quantitative estimate of drug-likeness (QED) is 0.846. The lowest BCUT2D eigenvalue weighted by Crippen LogP contribution is -2.28. The van der Waals surface area contributed by atoms with Crippen LogP contribution in [0.4, 0.5) is 4.39 Å². The number of halogens is 1. The Kier molecular flexibility index (Phi) is 6.01. The SMILES string of the molecule is COc1cc(CNC(=O)COc2cccc(F)c2)c(OC)cc1C. The standard InChI is InChI=1S/C18H20FNO4/c1-12-7-17(23-3)13(8-16(12)22-2)10-20-18(21)11-24-15-6-4-5-14(19)9-15/h4-9H,10-11H2,1-3H3,(H,20,21). The van der Waals surface area contributed by atoms with Crippen LogP contribution in [-0.2, 0) is 11.3 Å². The number of methoxy groups -OCH3 is 2. The Morgan fingerprint density at radius 3 is 2.54 bits per heavy atom. The molecule has 0 unspecified atom stereocenters. The van der Waals surface area contributed by atoms with Crippen LogP contribution in [-0.4, -0.2) is 26.7 Å².